The first-order chi connectivity index (χ1) is 15.0. The average molecular weight is 458 g/mol. The van der Waals surface area contributed by atoms with Gasteiger partial charge in [-0.2, -0.15) is 0 Å². The number of carbonyl (C=O) groups excluding carboxylic acids is 3. The number of aliphatic imine (C=N–C) groups is 1. The number of likely N-dealkylation sites (tertiary alicyclic amines) is 1. The maximum atomic E-state index is 12.8. The molecule has 1 aliphatic heterocycles. The van der Waals surface area contributed by atoms with Crippen molar-refractivity contribution in [2.45, 2.75) is 63.7 Å². The highest BCUT2D eigenvalue weighted by Crippen LogP contribution is 2.18. The number of aliphatic hydroxyl groups excluding tert-OH is 1. The van der Waals surface area contributed by atoms with Crippen molar-refractivity contribution < 1.29 is 29.4 Å². The highest BCUT2D eigenvalue weighted by molar-refractivity contribution is 5.94. The molecule has 13 nitrogen and oxygen atoms in total. The van der Waals surface area contributed by atoms with E-state index >= 15 is 0 Å². The van der Waals surface area contributed by atoms with Crippen molar-refractivity contribution in [1.82, 2.24) is 15.5 Å². The number of carbonyl (C=O) groups is 4. The number of carboxylic acids is 1. The van der Waals surface area contributed by atoms with Gasteiger partial charge in [-0.15, -0.1) is 0 Å². The van der Waals surface area contributed by atoms with Crippen LogP contribution >= 0.6 is 0 Å². The van der Waals surface area contributed by atoms with Crippen LogP contribution in [0.2, 0.25) is 0 Å². The third-order valence-corrected chi connectivity index (χ3v) is 5.17. The van der Waals surface area contributed by atoms with Gasteiger partial charge in [0.25, 0.3) is 0 Å². The molecule has 32 heavy (non-hydrogen) atoms. The summed E-state index contributed by atoms with van der Waals surface area (Å²) in [6.07, 6.45) is 1.57. The molecular weight excluding hydrogens is 422 g/mol. The predicted octanol–water partition coefficient (Wildman–Crippen LogP) is -2.94. The molecule has 4 atom stereocenters. The minimum Gasteiger partial charge on any atom is -0.480 e. The lowest BCUT2D eigenvalue weighted by Gasteiger charge is -2.29. The van der Waals surface area contributed by atoms with E-state index < -0.39 is 54.5 Å². The normalized spacial score (nSPS) is 18.5. The SMILES string of the molecule is CC(C)C(NC(=O)C(N)CCCN=C(N)N)C(=O)NC(CO)C(=O)N1CCCC1C(=O)O. The van der Waals surface area contributed by atoms with Gasteiger partial charge in [0, 0.05) is 13.1 Å². The van der Waals surface area contributed by atoms with Crippen molar-refractivity contribution in [2.24, 2.45) is 28.1 Å². The summed E-state index contributed by atoms with van der Waals surface area (Å²) in [4.78, 5) is 54.2. The number of amides is 3. The Morgan fingerprint density at radius 3 is 2.34 bits per heavy atom. The van der Waals surface area contributed by atoms with Crippen LogP contribution in [-0.2, 0) is 19.2 Å². The molecule has 0 bridgehead atoms. The molecule has 182 valence electrons. The summed E-state index contributed by atoms with van der Waals surface area (Å²) in [7, 11) is 0. The van der Waals surface area contributed by atoms with Gasteiger partial charge in [0.05, 0.1) is 12.6 Å². The Kier molecular flexibility index (Phi) is 10.9. The van der Waals surface area contributed by atoms with Crippen LogP contribution in [0.5, 0.6) is 0 Å². The second kappa shape index (κ2) is 12.8. The first-order valence-corrected chi connectivity index (χ1v) is 10.5. The average Bonchev–Trinajstić information content (AvgIpc) is 3.22. The second-order valence-corrected chi connectivity index (χ2v) is 8.06. The van der Waals surface area contributed by atoms with Crippen molar-refractivity contribution in [3.05, 3.63) is 0 Å². The van der Waals surface area contributed by atoms with Crippen LogP contribution in [0, 0.1) is 5.92 Å². The van der Waals surface area contributed by atoms with Crippen LogP contribution in [0.1, 0.15) is 39.5 Å². The van der Waals surface area contributed by atoms with E-state index in [-0.39, 0.29) is 18.4 Å². The molecule has 0 aliphatic carbocycles. The zero-order valence-electron chi connectivity index (χ0n) is 18.5. The topological polar surface area (TPSA) is 226 Å². The van der Waals surface area contributed by atoms with Crippen LogP contribution in [-0.4, -0.2) is 88.6 Å². The van der Waals surface area contributed by atoms with Crippen LogP contribution in [0.4, 0.5) is 0 Å². The molecule has 1 heterocycles. The third kappa shape index (κ3) is 7.96. The van der Waals surface area contributed by atoms with Crippen LogP contribution in [0.3, 0.4) is 0 Å². The number of aliphatic carboxylic acids is 1. The van der Waals surface area contributed by atoms with Gasteiger partial charge in [0.15, 0.2) is 5.96 Å². The molecule has 1 fully saturated rings. The largest absolute Gasteiger partial charge is 0.480 e. The highest BCUT2D eigenvalue weighted by Gasteiger charge is 2.38. The molecule has 0 radical (unpaired) electrons. The lowest BCUT2D eigenvalue weighted by atomic mass is 10.0. The van der Waals surface area contributed by atoms with Gasteiger partial charge in [0.1, 0.15) is 18.1 Å². The van der Waals surface area contributed by atoms with Crippen LogP contribution < -0.4 is 27.8 Å². The Labute approximate surface area is 186 Å². The van der Waals surface area contributed by atoms with Gasteiger partial charge in [-0.05, 0) is 31.6 Å². The number of nitrogens with one attached hydrogen (secondary N) is 2. The van der Waals surface area contributed by atoms with Gasteiger partial charge >= 0.3 is 5.97 Å². The Morgan fingerprint density at radius 2 is 1.81 bits per heavy atom. The van der Waals surface area contributed by atoms with Crippen LogP contribution in [0.15, 0.2) is 4.99 Å². The number of nitrogens with two attached hydrogens (primary N) is 3. The van der Waals surface area contributed by atoms with Gasteiger partial charge in [-0.1, -0.05) is 13.8 Å². The van der Waals surface area contributed by atoms with Crippen molar-refractivity contribution in [1.29, 1.82) is 0 Å². The number of nitrogens with zero attached hydrogens (tertiary/aromatic N) is 2. The molecule has 4 unspecified atom stereocenters. The summed E-state index contributed by atoms with van der Waals surface area (Å²) in [5.74, 6) is -3.46. The van der Waals surface area contributed by atoms with E-state index in [4.69, 9.17) is 17.2 Å². The summed E-state index contributed by atoms with van der Waals surface area (Å²) in [5.41, 5.74) is 16.3. The molecule has 10 N–H and O–H groups in total. The number of guanidine groups is 1. The maximum absolute atomic E-state index is 12.8. The van der Waals surface area contributed by atoms with E-state index in [9.17, 15) is 29.4 Å². The number of hydrogen-bond acceptors (Lipinski definition) is 7. The Hall–Kier alpha value is -2.93. The molecule has 0 aromatic rings. The molecule has 3 amide bonds. The number of rotatable bonds is 12. The summed E-state index contributed by atoms with van der Waals surface area (Å²) in [6, 6.07) is -4.23. The monoisotopic (exact) mass is 457 g/mol. The Morgan fingerprint density at radius 1 is 1.16 bits per heavy atom. The molecule has 1 saturated heterocycles. The minimum atomic E-state index is -1.33. The molecule has 0 aromatic carbocycles. The van der Waals surface area contributed by atoms with E-state index in [1.165, 1.54) is 0 Å². The van der Waals surface area contributed by atoms with Gasteiger partial charge in [-0.25, -0.2) is 4.79 Å². The number of carboxylic acid groups (broad SMARTS) is 1. The summed E-state index contributed by atoms with van der Waals surface area (Å²) >= 11 is 0. The lowest BCUT2D eigenvalue weighted by Crippen LogP contribution is -2.59. The van der Waals surface area contributed by atoms with Gasteiger partial charge < -0.3 is 42.9 Å². The molecule has 13 heteroatoms. The summed E-state index contributed by atoms with van der Waals surface area (Å²) in [6.45, 7) is 3.22. The van der Waals surface area contributed by atoms with E-state index in [1.807, 2.05) is 0 Å². The summed E-state index contributed by atoms with van der Waals surface area (Å²) in [5, 5.41) is 23.9. The highest BCUT2D eigenvalue weighted by atomic mass is 16.4. The fourth-order valence-electron chi connectivity index (χ4n) is 3.38. The summed E-state index contributed by atoms with van der Waals surface area (Å²) < 4.78 is 0. The third-order valence-electron chi connectivity index (χ3n) is 5.17. The molecule has 0 saturated carbocycles. The van der Waals surface area contributed by atoms with Crippen molar-refractivity contribution in [3.63, 3.8) is 0 Å². The Bertz CT molecular complexity index is 710. The predicted molar refractivity (Wildman–Crippen MR) is 116 cm³/mol. The van der Waals surface area contributed by atoms with Gasteiger partial charge in [-0.3, -0.25) is 19.4 Å². The smallest absolute Gasteiger partial charge is 0.326 e. The molecule has 0 aromatic heterocycles. The van der Waals surface area contributed by atoms with Crippen molar-refractivity contribution in [2.75, 3.05) is 19.7 Å². The minimum absolute atomic E-state index is 0.0591. The quantitative estimate of drug-likeness (QED) is 0.0902. The van der Waals surface area contributed by atoms with Crippen molar-refractivity contribution >= 4 is 29.7 Å². The molecule has 1 aliphatic rings. The molecular formula is C19H35N7O6. The van der Waals surface area contributed by atoms with E-state index in [0.29, 0.717) is 32.2 Å². The fourth-order valence-corrected chi connectivity index (χ4v) is 3.38. The molecule has 0 spiro atoms. The van der Waals surface area contributed by atoms with Crippen molar-refractivity contribution in [3.8, 4) is 0 Å². The standard InChI is InChI=1S/C19H35N7O6/c1-10(2)14(25-15(28)11(20)5-3-7-23-19(21)22)16(29)24-12(9-27)17(30)26-8-4-6-13(26)18(31)32/h10-14,27H,3-9,20H2,1-2H3,(H,24,29)(H,25,28)(H,31,32)(H4,21,22,23). The van der Waals surface area contributed by atoms with Gasteiger partial charge in [0.2, 0.25) is 17.7 Å². The first kappa shape index (κ1) is 27.1. The van der Waals surface area contributed by atoms with E-state index in [1.54, 1.807) is 13.8 Å². The zero-order valence-corrected chi connectivity index (χ0v) is 18.5. The first-order valence-electron chi connectivity index (χ1n) is 10.5. The zero-order chi connectivity index (χ0) is 24.4. The Balaban J connectivity index is 2.74. The van der Waals surface area contributed by atoms with E-state index in [0.717, 1.165) is 4.90 Å². The van der Waals surface area contributed by atoms with E-state index in [2.05, 4.69) is 15.6 Å². The lowest BCUT2D eigenvalue weighted by molar-refractivity contribution is -0.150. The number of aliphatic hydroxyl groups is 1. The van der Waals surface area contributed by atoms with Crippen LogP contribution in [0.25, 0.3) is 0 Å². The fraction of sp³-hybridized carbons (Fsp3) is 0.737. The second-order valence-electron chi connectivity index (χ2n) is 8.06. The maximum Gasteiger partial charge on any atom is 0.326 e. The number of hydrogen-bond donors (Lipinski definition) is 7. The molecule has 1 rings (SSSR count).